The number of hydrogen-bond acceptors (Lipinski definition) is 0. The van der Waals surface area contributed by atoms with E-state index in [4.69, 9.17) is 0 Å². The third kappa shape index (κ3) is 2.48. The smallest absolute Gasteiger partial charge is 0.0360 e. The molecule has 0 aromatic rings. The van der Waals surface area contributed by atoms with Crippen molar-refractivity contribution in [3.05, 3.63) is 0 Å². The lowest BCUT2D eigenvalue weighted by molar-refractivity contribution is 0.182. The Bertz CT molecular complexity index is 148. The van der Waals surface area contributed by atoms with Gasteiger partial charge in [-0.3, -0.25) is 0 Å². The highest BCUT2D eigenvalue weighted by atomic mass is 14.4. The van der Waals surface area contributed by atoms with Crippen LogP contribution in [0.2, 0.25) is 0 Å². The van der Waals surface area contributed by atoms with Crippen molar-refractivity contribution in [2.45, 2.75) is 53.9 Å². The summed E-state index contributed by atoms with van der Waals surface area (Å²) < 4.78 is 0. The molecule has 0 aliphatic heterocycles. The second-order valence-corrected chi connectivity index (χ2v) is 5.53. The predicted octanol–water partition coefficient (Wildman–Crippen LogP) is 4.35. The molecule has 0 aromatic carbocycles. The van der Waals surface area contributed by atoms with Crippen LogP contribution in [-0.4, -0.2) is 0 Å². The monoisotopic (exact) mass is 182 g/mol. The first-order valence-corrected chi connectivity index (χ1v) is 6.04. The van der Waals surface area contributed by atoms with E-state index in [-0.39, 0.29) is 0 Å². The van der Waals surface area contributed by atoms with Gasteiger partial charge in [0.1, 0.15) is 0 Å². The lowest BCUT2D eigenvalue weighted by atomic mass is 9.75. The van der Waals surface area contributed by atoms with Crippen LogP contribution in [0.25, 0.3) is 0 Å². The Balaban J connectivity index is 2.50. The highest BCUT2D eigenvalue weighted by Crippen LogP contribution is 2.40. The van der Waals surface area contributed by atoms with E-state index in [1.165, 1.54) is 19.3 Å². The van der Waals surface area contributed by atoms with Gasteiger partial charge < -0.3 is 0 Å². The average molecular weight is 182 g/mol. The third-order valence-electron chi connectivity index (χ3n) is 4.48. The summed E-state index contributed by atoms with van der Waals surface area (Å²) in [5.41, 5.74) is 0. The van der Waals surface area contributed by atoms with Gasteiger partial charge in [-0.15, -0.1) is 0 Å². The molecule has 0 spiro atoms. The summed E-state index contributed by atoms with van der Waals surface area (Å²) in [7, 11) is 0. The van der Waals surface area contributed by atoms with E-state index in [0.29, 0.717) is 0 Å². The summed E-state index contributed by atoms with van der Waals surface area (Å²) in [6.07, 6.45) is 4.43. The molecular formula is C13H26. The molecule has 4 atom stereocenters. The molecule has 4 unspecified atom stereocenters. The summed E-state index contributed by atoms with van der Waals surface area (Å²) >= 11 is 0. The minimum absolute atomic E-state index is 0.850. The summed E-state index contributed by atoms with van der Waals surface area (Å²) in [4.78, 5) is 0. The number of rotatable bonds is 3. The topological polar surface area (TPSA) is 0 Å². The molecule has 0 N–H and O–H groups in total. The molecule has 13 heavy (non-hydrogen) atoms. The fourth-order valence-corrected chi connectivity index (χ4v) is 2.95. The summed E-state index contributed by atoms with van der Waals surface area (Å²) in [5.74, 6) is 4.67. The maximum Gasteiger partial charge on any atom is -0.0360 e. The highest BCUT2D eigenvalue weighted by molar-refractivity contribution is 4.81. The fourth-order valence-electron chi connectivity index (χ4n) is 2.95. The minimum atomic E-state index is 0.850. The van der Waals surface area contributed by atoms with E-state index in [9.17, 15) is 0 Å². The molecule has 0 heterocycles. The van der Waals surface area contributed by atoms with E-state index in [2.05, 4.69) is 34.6 Å². The maximum atomic E-state index is 2.47. The van der Waals surface area contributed by atoms with Crippen molar-refractivity contribution < 1.29 is 0 Å². The van der Waals surface area contributed by atoms with E-state index in [0.717, 1.165) is 29.6 Å². The second kappa shape index (κ2) is 4.48. The molecule has 0 aromatic heterocycles. The standard InChI is InChI=1S/C13H26/c1-9(2)11(4)12(5)13-8-6-7-10(13)3/h9-13H,6-8H2,1-5H3. The maximum absolute atomic E-state index is 2.47. The largest absolute Gasteiger partial charge is 0.0625 e. The van der Waals surface area contributed by atoms with Crippen LogP contribution in [0.1, 0.15) is 53.9 Å². The minimum Gasteiger partial charge on any atom is -0.0625 e. The predicted molar refractivity (Wildman–Crippen MR) is 59.7 cm³/mol. The summed E-state index contributed by atoms with van der Waals surface area (Å²) in [5, 5.41) is 0. The van der Waals surface area contributed by atoms with Gasteiger partial charge in [-0.1, -0.05) is 47.5 Å². The first-order chi connectivity index (χ1) is 6.04. The first-order valence-electron chi connectivity index (χ1n) is 6.04. The van der Waals surface area contributed by atoms with E-state index in [1.54, 1.807) is 0 Å². The Morgan fingerprint density at radius 2 is 1.62 bits per heavy atom. The van der Waals surface area contributed by atoms with Gasteiger partial charge in [-0.2, -0.15) is 0 Å². The van der Waals surface area contributed by atoms with Crippen LogP contribution >= 0.6 is 0 Å². The molecule has 1 aliphatic carbocycles. The molecule has 1 saturated carbocycles. The lowest BCUT2D eigenvalue weighted by Crippen LogP contribution is -2.24. The second-order valence-electron chi connectivity index (χ2n) is 5.53. The van der Waals surface area contributed by atoms with Gasteiger partial charge in [0, 0.05) is 0 Å². The molecule has 0 bridgehead atoms. The van der Waals surface area contributed by atoms with Gasteiger partial charge in [-0.05, 0) is 36.0 Å². The fraction of sp³-hybridized carbons (Fsp3) is 1.00. The van der Waals surface area contributed by atoms with Crippen molar-refractivity contribution in [2.24, 2.45) is 29.6 Å². The van der Waals surface area contributed by atoms with E-state index in [1.807, 2.05) is 0 Å². The van der Waals surface area contributed by atoms with Gasteiger partial charge in [-0.25, -0.2) is 0 Å². The van der Waals surface area contributed by atoms with Crippen LogP contribution in [0.4, 0.5) is 0 Å². The Labute approximate surface area is 84.1 Å². The van der Waals surface area contributed by atoms with Gasteiger partial charge in [0.25, 0.3) is 0 Å². The zero-order chi connectivity index (χ0) is 10.0. The van der Waals surface area contributed by atoms with Crippen LogP contribution in [0.3, 0.4) is 0 Å². The van der Waals surface area contributed by atoms with Crippen molar-refractivity contribution >= 4 is 0 Å². The van der Waals surface area contributed by atoms with E-state index >= 15 is 0 Å². The van der Waals surface area contributed by atoms with Crippen LogP contribution in [0.5, 0.6) is 0 Å². The Morgan fingerprint density at radius 1 is 1.00 bits per heavy atom. The molecular weight excluding hydrogens is 156 g/mol. The highest BCUT2D eigenvalue weighted by Gasteiger charge is 2.31. The van der Waals surface area contributed by atoms with Crippen LogP contribution in [0, 0.1) is 29.6 Å². The van der Waals surface area contributed by atoms with Crippen molar-refractivity contribution in [3.8, 4) is 0 Å². The van der Waals surface area contributed by atoms with Gasteiger partial charge in [0.15, 0.2) is 0 Å². The third-order valence-corrected chi connectivity index (χ3v) is 4.48. The molecule has 78 valence electrons. The Morgan fingerprint density at radius 3 is 2.00 bits per heavy atom. The van der Waals surface area contributed by atoms with Crippen molar-refractivity contribution in [1.29, 1.82) is 0 Å². The van der Waals surface area contributed by atoms with Crippen LogP contribution < -0.4 is 0 Å². The van der Waals surface area contributed by atoms with Gasteiger partial charge in [0.2, 0.25) is 0 Å². The zero-order valence-corrected chi connectivity index (χ0v) is 10.0. The molecule has 1 rings (SSSR count). The normalized spacial score (nSPS) is 33.7. The van der Waals surface area contributed by atoms with Crippen molar-refractivity contribution in [2.75, 3.05) is 0 Å². The Hall–Kier alpha value is 0. The first kappa shape index (κ1) is 11.1. The van der Waals surface area contributed by atoms with Crippen LogP contribution in [-0.2, 0) is 0 Å². The zero-order valence-electron chi connectivity index (χ0n) is 10.0. The van der Waals surface area contributed by atoms with Crippen molar-refractivity contribution in [1.82, 2.24) is 0 Å². The van der Waals surface area contributed by atoms with Gasteiger partial charge >= 0.3 is 0 Å². The average Bonchev–Trinajstić information content (AvgIpc) is 2.48. The SMILES string of the molecule is CC(C)C(C)C(C)C1CCCC1C. The molecule has 0 saturated heterocycles. The quantitative estimate of drug-likeness (QED) is 0.608. The molecule has 1 aliphatic rings. The molecule has 0 radical (unpaired) electrons. The van der Waals surface area contributed by atoms with E-state index < -0.39 is 0 Å². The molecule has 1 fully saturated rings. The molecule has 0 amide bonds. The van der Waals surface area contributed by atoms with Crippen LogP contribution in [0.15, 0.2) is 0 Å². The molecule has 0 heteroatoms. The molecule has 0 nitrogen and oxygen atoms in total. The summed E-state index contributed by atoms with van der Waals surface area (Å²) in [6.45, 7) is 12.1. The van der Waals surface area contributed by atoms with Gasteiger partial charge in [0.05, 0.1) is 0 Å². The van der Waals surface area contributed by atoms with Crippen molar-refractivity contribution in [3.63, 3.8) is 0 Å². The summed E-state index contributed by atoms with van der Waals surface area (Å²) in [6, 6.07) is 0. The number of hydrogen-bond donors (Lipinski definition) is 0. The Kier molecular flexibility index (Phi) is 3.82. The lowest BCUT2D eigenvalue weighted by Gasteiger charge is -2.31.